The lowest BCUT2D eigenvalue weighted by Gasteiger charge is -2.15. The van der Waals surface area contributed by atoms with Crippen LogP contribution in [0.3, 0.4) is 0 Å². The highest BCUT2D eigenvalue weighted by Gasteiger charge is 2.14. The van der Waals surface area contributed by atoms with Gasteiger partial charge in [0.25, 0.3) is 0 Å². The van der Waals surface area contributed by atoms with E-state index in [2.05, 4.69) is 0 Å². The lowest BCUT2D eigenvalue weighted by atomic mass is 10.0. The number of aliphatic hydroxyl groups is 1. The van der Waals surface area contributed by atoms with Gasteiger partial charge < -0.3 is 9.84 Å². The van der Waals surface area contributed by atoms with Crippen molar-refractivity contribution in [3.8, 4) is 16.9 Å². The Labute approximate surface area is 120 Å². The molecule has 0 aromatic heterocycles. The number of hydrogen-bond donors (Lipinski definition) is 1. The lowest BCUT2D eigenvalue weighted by Crippen LogP contribution is -2.07. The van der Waals surface area contributed by atoms with E-state index in [-0.39, 0.29) is 18.3 Å². The molecule has 0 spiro atoms. The quantitative estimate of drug-likeness (QED) is 0.862. The van der Waals surface area contributed by atoms with Crippen LogP contribution in [0.25, 0.3) is 11.1 Å². The van der Waals surface area contributed by atoms with Crippen LogP contribution in [0.15, 0.2) is 30.3 Å². The SMILES string of the molecule is CC(C)Oc1cc(-c2cc(F)c(F)cc2F)ccc1CO. The third kappa shape index (κ3) is 3.36. The zero-order valence-electron chi connectivity index (χ0n) is 11.7. The first-order valence-electron chi connectivity index (χ1n) is 6.47. The summed E-state index contributed by atoms with van der Waals surface area (Å²) in [6.45, 7) is 3.39. The van der Waals surface area contributed by atoms with E-state index in [1.807, 2.05) is 13.8 Å². The summed E-state index contributed by atoms with van der Waals surface area (Å²) >= 11 is 0. The summed E-state index contributed by atoms with van der Waals surface area (Å²) in [6.07, 6.45) is -0.139. The van der Waals surface area contributed by atoms with Crippen LogP contribution in [0.2, 0.25) is 0 Å². The summed E-state index contributed by atoms with van der Waals surface area (Å²) in [5.41, 5.74) is 0.821. The van der Waals surface area contributed by atoms with Crippen LogP contribution < -0.4 is 4.74 Å². The fraction of sp³-hybridized carbons (Fsp3) is 0.250. The average molecular weight is 296 g/mol. The van der Waals surface area contributed by atoms with Crippen LogP contribution in [-0.4, -0.2) is 11.2 Å². The molecule has 0 fully saturated rings. The van der Waals surface area contributed by atoms with Crippen LogP contribution in [0, 0.1) is 17.5 Å². The molecule has 0 heterocycles. The Bertz CT molecular complexity index is 654. The molecule has 1 N–H and O–H groups in total. The van der Waals surface area contributed by atoms with Gasteiger partial charge in [-0.3, -0.25) is 0 Å². The summed E-state index contributed by atoms with van der Waals surface area (Å²) < 4.78 is 45.6. The molecule has 0 saturated carbocycles. The molecule has 0 bridgehead atoms. The molecule has 0 saturated heterocycles. The Morgan fingerprint density at radius 3 is 2.29 bits per heavy atom. The van der Waals surface area contributed by atoms with Gasteiger partial charge in [0.05, 0.1) is 12.7 Å². The van der Waals surface area contributed by atoms with E-state index in [1.165, 1.54) is 12.1 Å². The fourth-order valence-corrected chi connectivity index (χ4v) is 1.96. The van der Waals surface area contributed by atoms with E-state index in [0.717, 1.165) is 6.07 Å². The molecule has 2 aromatic rings. The first-order chi connectivity index (χ1) is 9.92. The molecule has 2 rings (SSSR count). The summed E-state index contributed by atoms with van der Waals surface area (Å²) in [5.74, 6) is -2.83. The predicted octanol–water partition coefficient (Wildman–Crippen LogP) is 4.05. The number of benzene rings is 2. The van der Waals surface area contributed by atoms with Crippen molar-refractivity contribution < 1.29 is 23.0 Å². The van der Waals surface area contributed by atoms with Crippen LogP contribution in [0.5, 0.6) is 5.75 Å². The molecule has 0 radical (unpaired) electrons. The van der Waals surface area contributed by atoms with Crippen molar-refractivity contribution in [3.63, 3.8) is 0 Å². The van der Waals surface area contributed by atoms with Gasteiger partial charge in [-0.25, -0.2) is 13.2 Å². The highest BCUT2D eigenvalue weighted by molar-refractivity contribution is 5.67. The first kappa shape index (κ1) is 15.4. The highest BCUT2D eigenvalue weighted by Crippen LogP contribution is 2.31. The molecule has 0 amide bonds. The molecule has 0 aliphatic rings. The van der Waals surface area contributed by atoms with E-state index in [4.69, 9.17) is 4.74 Å². The van der Waals surface area contributed by atoms with Crippen molar-refractivity contribution in [3.05, 3.63) is 53.3 Å². The van der Waals surface area contributed by atoms with Crippen LogP contribution >= 0.6 is 0 Å². The first-order valence-corrected chi connectivity index (χ1v) is 6.47. The van der Waals surface area contributed by atoms with E-state index in [0.29, 0.717) is 22.9 Å². The van der Waals surface area contributed by atoms with Crippen molar-refractivity contribution in [2.24, 2.45) is 0 Å². The van der Waals surface area contributed by atoms with E-state index in [1.54, 1.807) is 6.07 Å². The van der Waals surface area contributed by atoms with Gasteiger partial charge in [-0.05, 0) is 31.5 Å². The molecular weight excluding hydrogens is 281 g/mol. The van der Waals surface area contributed by atoms with Crippen molar-refractivity contribution >= 4 is 0 Å². The summed E-state index contributed by atoms with van der Waals surface area (Å²) in [7, 11) is 0. The maximum Gasteiger partial charge on any atom is 0.161 e. The molecule has 0 unspecified atom stereocenters. The third-order valence-corrected chi connectivity index (χ3v) is 2.92. The average Bonchev–Trinajstić information content (AvgIpc) is 2.42. The number of rotatable bonds is 4. The Hall–Kier alpha value is -2.01. The van der Waals surface area contributed by atoms with Gasteiger partial charge in [-0.15, -0.1) is 0 Å². The van der Waals surface area contributed by atoms with Crippen LogP contribution in [0.4, 0.5) is 13.2 Å². The monoisotopic (exact) mass is 296 g/mol. The van der Waals surface area contributed by atoms with Crippen LogP contribution in [0.1, 0.15) is 19.4 Å². The maximum atomic E-state index is 13.8. The Balaban J connectivity index is 2.52. The second kappa shape index (κ2) is 6.18. The van der Waals surface area contributed by atoms with E-state index >= 15 is 0 Å². The third-order valence-electron chi connectivity index (χ3n) is 2.92. The standard InChI is InChI=1S/C16H15F3O2/c1-9(2)21-16-5-10(3-4-11(16)8-20)12-6-14(18)15(19)7-13(12)17/h3-7,9,20H,8H2,1-2H3. The molecule has 0 aliphatic carbocycles. The minimum absolute atomic E-state index is 0.0630. The molecule has 2 aromatic carbocycles. The Kier molecular flexibility index (Phi) is 4.53. The lowest BCUT2D eigenvalue weighted by molar-refractivity contribution is 0.225. The Morgan fingerprint density at radius 2 is 1.67 bits per heavy atom. The van der Waals surface area contributed by atoms with Gasteiger partial charge in [-0.2, -0.15) is 0 Å². The van der Waals surface area contributed by atoms with Gasteiger partial charge in [0.2, 0.25) is 0 Å². The zero-order valence-corrected chi connectivity index (χ0v) is 11.7. The number of aliphatic hydroxyl groups excluding tert-OH is 1. The summed E-state index contributed by atoms with van der Waals surface area (Å²) in [4.78, 5) is 0. The topological polar surface area (TPSA) is 29.5 Å². The second-order valence-corrected chi connectivity index (χ2v) is 4.89. The van der Waals surface area contributed by atoms with Crippen molar-refractivity contribution in [1.29, 1.82) is 0 Å². The van der Waals surface area contributed by atoms with Crippen molar-refractivity contribution in [2.45, 2.75) is 26.6 Å². The van der Waals surface area contributed by atoms with Gasteiger partial charge in [0.15, 0.2) is 11.6 Å². The second-order valence-electron chi connectivity index (χ2n) is 4.89. The highest BCUT2D eigenvalue weighted by atomic mass is 19.2. The minimum Gasteiger partial charge on any atom is -0.491 e. The molecule has 0 aliphatic heterocycles. The summed E-state index contributed by atoms with van der Waals surface area (Å²) in [6, 6.07) is 5.90. The zero-order chi connectivity index (χ0) is 15.6. The molecular formula is C16H15F3O2. The van der Waals surface area contributed by atoms with Gasteiger partial charge in [0.1, 0.15) is 11.6 Å². The van der Waals surface area contributed by atoms with E-state index < -0.39 is 17.5 Å². The summed E-state index contributed by atoms with van der Waals surface area (Å²) in [5, 5.41) is 9.26. The van der Waals surface area contributed by atoms with Crippen LogP contribution in [-0.2, 0) is 6.61 Å². The van der Waals surface area contributed by atoms with Gasteiger partial charge >= 0.3 is 0 Å². The van der Waals surface area contributed by atoms with Gasteiger partial charge in [-0.1, -0.05) is 12.1 Å². The predicted molar refractivity (Wildman–Crippen MR) is 73.4 cm³/mol. The maximum absolute atomic E-state index is 13.8. The molecule has 2 nitrogen and oxygen atoms in total. The normalized spacial score (nSPS) is 11.0. The number of ether oxygens (including phenoxy) is 1. The molecule has 5 heteroatoms. The largest absolute Gasteiger partial charge is 0.491 e. The van der Waals surface area contributed by atoms with Crippen molar-refractivity contribution in [2.75, 3.05) is 0 Å². The van der Waals surface area contributed by atoms with Gasteiger partial charge in [0, 0.05) is 17.2 Å². The molecule has 0 atom stereocenters. The smallest absolute Gasteiger partial charge is 0.161 e. The van der Waals surface area contributed by atoms with Crippen molar-refractivity contribution in [1.82, 2.24) is 0 Å². The minimum atomic E-state index is -1.23. The number of halogens is 3. The molecule has 21 heavy (non-hydrogen) atoms. The number of hydrogen-bond acceptors (Lipinski definition) is 2. The molecule has 112 valence electrons. The Morgan fingerprint density at radius 1 is 1.00 bits per heavy atom. The van der Waals surface area contributed by atoms with E-state index in [9.17, 15) is 18.3 Å². The fourth-order valence-electron chi connectivity index (χ4n) is 1.96.